The van der Waals surface area contributed by atoms with Gasteiger partial charge in [-0.05, 0) is 18.2 Å². The second-order valence-corrected chi connectivity index (χ2v) is 4.19. The van der Waals surface area contributed by atoms with Crippen molar-refractivity contribution in [2.75, 3.05) is 25.6 Å². The summed E-state index contributed by atoms with van der Waals surface area (Å²) in [6.07, 6.45) is 0.325. The standard InChI is InChI=1S/C11H13Cl2NO2/c1-14(6-5-11(15)16-2)10-4-3-8(12)7-9(10)13/h3-4,7H,5-6H2,1-2H3. The summed E-state index contributed by atoms with van der Waals surface area (Å²) in [5.74, 6) is -0.239. The van der Waals surface area contributed by atoms with Gasteiger partial charge in [-0.25, -0.2) is 0 Å². The molecule has 1 aromatic carbocycles. The largest absolute Gasteiger partial charge is 0.469 e. The zero-order valence-corrected chi connectivity index (χ0v) is 10.7. The molecule has 0 saturated carbocycles. The molecule has 1 rings (SSSR count). The molecule has 0 aliphatic rings. The Morgan fingerprint density at radius 3 is 2.69 bits per heavy atom. The summed E-state index contributed by atoms with van der Waals surface area (Å²) in [5, 5.41) is 1.16. The molecule has 1 aromatic rings. The van der Waals surface area contributed by atoms with Crippen molar-refractivity contribution < 1.29 is 9.53 Å². The first kappa shape index (κ1) is 13.1. The number of benzene rings is 1. The van der Waals surface area contributed by atoms with E-state index in [9.17, 15) is 4.79 Å². The number of halogens is 2. The average Bonchev–Trinajstić information content (AvgIpc) is 2.25. The highest BCUT2D eigenvalue weighted by atomic mass is 35.5. The Morgan fingerprint density at radius 2 is 2.12 bits per heavy atom. The lowest BCUT2D eigenvalue weighted by atomic mass is 10.3. The van der Waals surface area contributed by atoms with Crippen LogP contribution in [0.5, 0.6) is 0 Å². The summed E-state index contributed by atoms with van der Waals surface area (Å²) < 4.78 is 4.57. The molecule has 16 heavy (non-hydrogen) atoms. The van der Waals surface area contributed by atoms with Gasteiger partial charge in [0, 0.05) is 18.6 Å². The quantitative estimate of drug-likeness (QED) is 0.781. The molecule has 0 atom stereocenters. The molecule has 5 heteroatoms. The van der Waals surface area contributed by atoms with Gasteiger partial charge in [-0.15, -0.1) is 0 Å². The molecule has 0 saturated heterocycles. The minimum atomic E-state index is -0.239. The van der Waals surface area contributed by atoms with Gasteiger partial charge in [0.15, 0.2) is 0 Å². The van der Waals surface area contributed by atoms with Gasteiger partial charge < -0.3 is 9.64 Å². The third-order valence-corrected chi connectivity index (χ3v) is 2.74. The number of carbonyl (C=O) groups is 1. The fourth-order valence-corrected chi connectivity index (χ4v) is 1.83. The summed E-state index contributed by atoms with van der Waals surface area (Å²) in [4.78, 5) is 12.9. The smallest absolute Gasteiger partial charge is 0.307 e. The Bertz CT molecular complexity index is 382. The lowest BCUT2D eigenvalue weighted by molar-refractivity contribution is -0.140. The van der Waals surface area contributed by atoms with Gasteiger partial charge in [0.05, 0.1) is 24.2 Å². The third kappa shape index (κ3) is 3.58. The van der Waals surface area contributed by atoms with Gasteiger partial charge in [0.1, 0.15) is 0 Å². The van der Waals surface area contributed by atoms with Gasteiger partial charge in [-0.1, -0.05) is 23.2 Å². The van der Waals surface area contributed by atoms with E-state index in [-0.39, 0.29) is 5.97 Å². The van der Waals surface area contributed by atoms with Crippen LogP contribution >= 0.6 is 23.2 Å². The zero-order valence-electron chi connectivity index (χ0n) is 9.17. The molecule has 0 aliphatic carbocycles. The predicted molar refractivity (Wildman–Crippen MR) is 66.4 cm³/mol. The molecule has 0 aromatic heterocycles. The maximum atomic E-state index is 11.0. The second-order valence-electron chi connectivity index (χ2n) is 3.34. The molecule has 0 spiro atoms. The molecule has 88 valence electrons. The fourth-order valence-electron chi connectivity index (χ4n) is 1.27. The minimum Gasteiger partial charge on any atom is -0.469 e. The van der Waals surface area contributed by atoms with Gasteiger partial charge in [-0.3, -0.25) is 4.79 Å². The summed E-state index contributed by atoms with van der Waals surface area (Å²) >= 11 is 11.8. The van der Waals surface area contributed by atoms with E-state index in [0.717, 1.165) is 5.69 Å². The number of rotatable bonds is 4. The molecule has 0 amide bonds. The lowest BCUT2D eigenvalue weighted by Crippen LogP contribution is -2.21. The van der Waals surface area contributed by atoms with E-state index in [1.54, 1.807) is 12.1 Å². The SMILES string of the molecule is COC(=O)CCN(C)c1ccc(Cl)cc1Cl. The van der Waals surface area contributed by atoms with Crippen LogP contribution in [0.4, 0.5) is 5.69 Å². The van der Waals surface area contributed by atoms with Crippen molar-refractivity contribution in [3.63, 3.8) is 0 Å². The summed E-state index contributed by atoms with van der Waals surface area (Å²) in [7, 11) is 3.23. The summed E-state index contributed by atoms with van der Waals surface area (Å²) in [6.45, 7) is 0.550. The normalized spacial score (nSPS) is 10.0. The number of anilines is 1. The Morgan fingerprint density at radius 1 is 1.44 bits per heavy atom. The highest BCUT2D eigenvalue weighted by molar-refractivity contribution is 6.36. The van der Waals surface area contributed by atoms with Crippen LogP contribution in [0.1, 0.15) is 6.42 Å². The van der Waals surface area contributed by atoms with Crippen LogP contribution < -0.4 is 4.90 Å². The van der Waals surface area contributed by atoms with Gasteiger partial charge >= 0.3 is 5.97 Å². The number of carbonyl (C=O) groups excluding carboxylic acids is 1. The maximum Gasteiger partial charge on any atom is 0.307 e. The number of esters is 1. The van der Waals surface area contributed by atoms with E-state index >= 15 is 0 Å². The van der Waals surface area contributed by atoms with Crippen LogP contribution in [-0.2, 0) is 9.53 Å². The zero-order chi connectivity index (χ0) is 12.1. The van der Waals surface area contributed by atoms with E-state index in [1.165, 1.54) is 7.11 Å². The highest BCUT2D eigenvalue weighted by Gasteiger charge is 2.08. The monoisotopic (exact) mass is 261 g/mol. The van der Waals surface area contributed by atoms with Crippen molar-refractivity contribution in [3.05, 3.63) is 28.2 Å². The molecular formula is C11H13Cl2NO2. The van der Waals surface area contributed by atoms with E-state index in [4.69, 9.17) is 23.2 Å². The number of methoxy groups -OCH3 is 1. The first-order valence-electron chi connectivity index (χ1n) is 4.77. The lowest BCUT2D eigenvalue weighted by Gasteiger charge is -2.19. The minimum absolute atomic E-state index is 0.239. The molecule has 3 nitrogen and oxygen atoms in total. The van der Waals surface area contributed by atoms with E-state index < -0.39 is 0 Å². The predicted octanol–water partition coefficient (Wildman–Crippen LogP) is 2.99. The molecule has 0 heterocycles. The fraction of sp³-hybridized carbons (Fsp3) is 0.364. The topological polar surface area (TPSA) is 29.5 Å². The average molecular weight is 262 g/mol. The van der Waals surface area contributed by atoms with E-state index in [1.807, 2.05) is 18.0 Å². The Hall–Kier alpha value is -0.930. The number of nitrogens with zero attached hydrogens (tertiary/aromatic N) is 1. The number of hydrogen-bond acceptors (Lipinski definition) is 3. The third-order valence-electron chi connectivity index (χ3n) is 2.20. The van der Waals surface area contributed by atoms with Gasteiger partial charge in [0.2, 0.25) is 0 Å². The number of hydrogen-bond donors (Lipinski definition) is 0. The van der Waals surface area contributed by atoms with Crippen LogP contribution in [0.3, 0.4) is 0 Å². The van der Waals surface area contributed by atoms with Crippen molar-refractivity contribution in [1.82, 2.24) is 0 Å². The van der Waals surface area contributed by atoms with Crippen LogP contribution in [-0.4, -0.2) is 26.7 Å². The van der Waals surface area contributed by atoms with Crippen molar-refractivity contribution >= 4 is 34.9 Å². The van der Waals surface area contributed by atoms with Crippen molar-refractivity contribution in [3.8, 4) is 0 Å². The van der Waals surface area contributed by atoms with Gasteiger partial charge in [0.25, 0.3) is 0 Å². The van der Waals surface area contributed by atoms with Crippen LogP contribution in [0.2, 0.25) is 10.0 Å². The molecule has 0 bridgehead atoms. The van der Waals surface area contributed by atoms with Crippen LogP contribution in [0.15, 0.2) is 18.2 Å². The van der Waals surface area contributed by atoms with E-state index in [2.05, 4.69) is 4.74 Å². The number of ether oxygens (including phenoxy) is 1. The molecular weight excluding hydrogens is 249 g/mol. The highest BCUT2D eigenvalue weighted by Crippen LogP contribution is 2.27. The summed E-state index contributed by atoms with van der Waals surface area (Å²) in [5.41, 5.74) is 0.843. The Kier molecular flexibility index (Phi) is 4.90. The molecule has 0 aliphatic heterocycles. The first-order valence-corrected chi connectivity index (χ1v) is 5.53. The molecule has 0 fully saturated rings. The van der Waals surface area contributed by atoms with Crippen LogP contribution in [0, 0.1) is 0 Å². The molecule has 0 unspecified atom stereocenters. The second kappa shape index (κ2) is 5.97. The van der Waals surface area contributed by atoms with Crippen LogP contribution in [0.25, 0.3) is 0 Å². The first-order chi connectivity index (χ1) is 7.54. The Labute approximate surface area is 105 Å². The summed E-state index contributed by atoms with van der Waals surface area (Å²) in [6, 6.07) is 5.26. The maximum absolute atomic E-state index is 11.0. The van der Waals surface area contributed by atoms with Gasteiger partial charge in [-0.2, -0.15) is 0 Å². The molecule has 0 radical (unpaired) electrons. The van der Waals surface area contributed by atoms with Crippen molar-refractivity contribution in [2.45, 2.75) is 6.42 Å². The van der Waals surface area contributed by atoms with Crippen molar-refractivity contribution in [1.29, 1.82) is 0 Å². The van der Waals surface area contributed by atoms with Crippen molar-refractivity contribution in [2.24, 2.45) is 0 Å². The Balaban J connectivity index is 2.65. The molecule has 0 N–H and O–H groups in total. The van der Waals surface area contributed by atoms with E-state index in [0.29, 0.717) is 23.0 Å².